The number of benzene rings is 1. The zero-order valence-electron chi connectivity index (χ0n) is 10.3. The van der Waals surface area contributed by atoms with Gasteiger partial charge in [-0.3, -0.25) is 0 Å². The van der Waals surface area contributed by atoms with Crippen molar-refractivity contribution in [2.45, 2.75) is 19.1 Å². The van der Waals surface area contributed by atoms with Crippen LogP contribution in [0.5, 0.6) is 0 Å². The molecule has 4 nitrogen and oxygen atoms in total. The summed E-state index contributed by atoms with van der Waals surface area (Å²) < 4.78 is 5.34. The molecule has 1 aromatic carbocycles. The molecule has 0 spiro atoms. The maximum absolute atomic E-state index is 11.9. The van der Waals surface area contributed by atoms with Crippen LogP contribution in [0.4, 0.5) is 4.79 Å². The Balaban J connectivity index is 1.50. The van der Waals surface area contributed by atoms with Gasteiger partial charge in [-0.1, -0.05) is 30.3 Å². The summed E-state index contributed by atoms with van der Waals surface area (Å²) in [6.07, 6.45) is 0.997. The lowest BCUT2D eigenvalue weighted by Crippen LogP contribution is -2.65. The predicted octanol–water partition coefficient (Wildman–Crippen LogP) is 1.62. The molecule has 0 aliphatic carbocycles. The highest BCUT2D eigenvalue weighted by Gasteiger charge is 2.43. The zero-order chi connectivity index (χ0) is 12.4. The summed E-state index contributed by atoms with van der Waals surface area (Å²) in [6.45, 7) is 3.21. The van der Waals surface area contributed by atoms with E-state index in [1.165, 1.54) is 6.42 Å². The molecule has 0 bridgehead atoms. The molecule has 4 heteroatoms. The van der Waals surface area contributed by atoms with E-state index in [4.69, 9.17) is 4.74 Å². The summed E-state index contributed by atoms with van der Waals surface area (Å²) in [6, 6.07) is 10.1. The number of nitrogens with one attached hydrogen (secondary N) is 1. The van der Waals surface area contributed by atoms with Crippen molar-refractivity contribution in [3.63, 3.8) is 0 Å². The van der Waals surface area contributed by atoms with Gasteiger partial charge >= 0.3 is 6.09 Å². The molecule has 18 heavy (non-hydrogen) atoms. The molecule has 2 heterocycles. The number of nitrogens with zero attached hydrogens (tertiary/aromatic N) is 1. The van der Waals surface area contributed by atoms with Crippen LogP contribution in [0.15, 0.2) is 30.3 Å². The molecular weight excluding hydrogens is 228 g/mol. The third kappa shape index (κ3) is 2.20. The van der Waals surface area contributed by atoms with E-state index in [1.54, 1.807) is 0 Å². The van der Waals surface area contributed by atoms with Gasteiger partial charge in [-0.2, -0.15) is 0 Å². The standard InChI is InChI=1S/C14H18N2O2/c17-14(18-10-11-4-2-1-3-5-11)16-9-12-6-7-15-8-13(12)16/h1-5,12-13,15H,6-10H2/t12-,13-/m0/s1. The van der Waals surface area contributed by atoms with E-state index in [2.05, 4.69) is 5.32 Å². The Bertz CT molecular complexity index is 421. The van der Waals surface area contributed by atoms with Crippen molar-refractivity contribution in [1.82, 2.24) is 10.2 Å². The van der Waals surface area contributed by atoms with E-state index >= 15 is 0 Å². The molecule has 1 amide bonds. The number of hydrogen-bond acceptors (Lipinski definition) is 3. The van der Waals surface area contributed by atoms with E-state index in [9.17, 15) is 4.79 Å². The first-order valence-corrected chi connectivity index (χ1v) is 6.52. The van der Waals surface area contributed by atoms with Crippen LogP contribution in [-0.2, 0) is 11.3 Å². The van der Waals surface area contributed by atoms with E-state index in [-0.39, 0.29) is 6.09 Å². The molecule has 2 saturated heterocycles. The quantitative estimate of drug-likeness (QED) is 0.862. The van der Waals surface area contributed by atoms with Gasteiger partial charge < -0.3 is 15.0 Å². The Kier molecular flexibility index (Phi) is 3.19. The topological polar surface area (TPSA) is 41.6 Å². The van der Waals surface area contributed by atoms with Gasteiger partial charge in [0.05, 0.1) is 6.04 Å². The van der Waals surface area contributed by atoms with Crippen molar-refractivity contribution in [1.29, 1.82) is 0 Å². The number of likely N-dealkylation sites (tertiary alicyclic amines) is 1. The van der Waals surface area contributed by atoms with Gasteiger partial charge in [0, 0.05) is 13.1 Å². The van der Waals surface area contributed by atoms with Crippen molar-refractivity contribution < 1.29 is 9.53 Å². The summed E-state index contributed by atoms with van der Waals surface area (Å²) >= 11 is 0. The maximum atomic E-state index is 11.9. The average Bonchev–Trinajstić information content (AvgIpc) is 2.39. The van der Waals surface area contributed by atoms with Crippen LogP contribution in [0, 0.1) is 5.92 Å². The van der Waals surface area contributed by atoms with Crippen LogP contribution in [0.2, 0.25) is 0 Å². The van der Waals surface area contributed by atoms with Gasteiger partial charge in [0.2, 0.25) is 0 Å². The van der Waals surface area contributed by atoms with E-state index < -0.39 is 0 Å². The van der Waals surface area contributed by atoms with Crippen molar-refractivity contribution in [2.75, 3.05) is 19.6 Å². The normalized spacial score (nSPS) is 26.1. The van der Waals surface area contributed by atoms with Crippen LogP contribution < -0.4 is 5.32 Å². The van der Waals surface area contributed by atoms with Crippen LogP contribution in [0.3, 0.4) is 0 Å². The average molecular weight is 246 g/mol. The number of carbonyl (C=O) groups excluding carboxylic acids is 1. The van der Waals surface area contributed by atoms with Crippen LogP contribution in [-0.4, -0.2) is 36.7 Å². The molecule has 2 aliphatic rings. The molecule has 2 fully saturated rings. The zero-order valence-corrected chi connectivity index (χ0v) is 10.3. The van der Waals surface area contributed by atoms with Gasteiger partial charge in [-0.15, -0.1) is 0 Å². The monoisotopic (exact) mass is 246 g/mol. The molecule has 0 aromatic heterocycles. The summed E-state index contributed by atoms with van der Waals surface area (Å²) in [5.74, 6) is 0.676. The summed E-state index contributed by atoms with van der Waals surface area (Å²) in [5, 5.41) is 3.33. The molecule has 2 atom stereocenters. The first-order valence-electron chi connectivity index (χ1n) is 6.52. The summed E-state index contributed by atoms with van der Waals surface area (Å²) in [5.41, 5.74) is 1.03. The Morgan fingerprint density at radius 1 is 1.39 bits per heavy atom. The second-order valence-electron chi connectivity index (χ2n) is 5.01. The highest BCUT2D eigenvalue weighted by atomic mass is 16.6. The Morgan fingerprint density at radius 2 is 2.22 bits per heavy atom. The maximum Gasteiger partial charge on any atom is 0.410 e. The van der Waals surface area contributed by atoms with E-state index in [0.717, 1.165) is 25.2 Å². The first-order chi connectivity index (χ1) is 8.84. The van der Waals surface area contributed by atoms with Crippen molar-refractivity contribution in [3.05, 3.63) is 35.9 Å². The third-order valence-electron chi connectivity index (χ3n) is 3.86. The lowest BCUT2D eigenvalue weighted by atomic mass is 9.84. The molecule has 96 valence electrons. The Hall–Kier alpha value is -1.55. The minimum absolute atomic E-state index is 0.177. The Labute approximate surface area is 107 Å². The minimum atomic E-state index is -0.177. The number of amides is 1. The fourth-order valence-corrected chi connectivity index (χ4v) is 2.74. The van der Waals surface area contributed by atoms with E-state index in [1.807, 2.05) is 35.2 Å². The van der Waals surface area contributed by atoms with Gasteiger partial charge in [0.1, 0.15) is 6.61 Å². The molecule has 2 aliphatic heterocycles. The number of fused-ring (bicyclic) bond motifs is 1. The third-order valence-corrected chi connectivity index (χ3v) is 3.86. The number of ether oxygens (including phenoxy) is 1. The molecular formula is C14H18N2O2. The lowest BCUT2D eigenvalue weighted by molar-refractivity contribution is -0.00991. The molecule has 1 N–H and O–H groups in total. The fraction of sp³-hybridized carbons (Fsp3) is 0.500. The highest BCUT2D eigenvalue weighted by molar-refractivity contribution is 5.69. The smallest absolute Gasteiger partial charge is 0.410 e. The molecule has 0 unspecified atom stereocenters. The van der Waals surface area contributed by atoms with Gasteiger partial charge in [0.25, 0.3) is 0 Å². The SMILES string of the molecule is O=C(OCc1ccccc1)N1C[C@@H]2CCNC[C@@H]21. The lowest BCUT2D eigenvalue weighted by Gasteiger charge is -2.49. The van der Waals surface area contributed by atoms with Crippen LogP contribution in [0.1, 0.15) is 12.0 Å². The number of piperidine rings is 1. The van der Waals surface area contributed by atoms with Crippen molar-refractivity contribution in [3.8, 4) is 0 Å². The van der Waals surface area contributed by atoms with E-state index in [0.29, 0.717) is 18.6 Å². The minimum Gasteiger partial charge on any atom is -0.445 e. The van der Waals surface area contributed by atoms with Gasteiger partial charge in [-0.05, 0) is 24.4 Å². The molecule has 0 saturated carbocycles. The van der Waals surface area contributed by atoms with Crippen molar-refractivity contribution >= 4 is 6.09 Å². The van der Waals surface area contributed by atoms with Crippen LogP contribution >= 0.6 is 0 Å². The second kappa shape index (κ2) is 4.98. The number of carbonyl (C=O) groups is 1. The number of hydrogen-bond donors (Lipinski definition) is 1. The highest BCUT2D eigenvalue weighted by Crippen LogP contribution is 2.30. The van der Waals surface area contributed by atoms with Crippen molar-refractivity contribution in [2.24, 2.45) is 5.92 Å². The molecule has 1 aromatic rings. The fourth-order valence-electron chi connectivity index (χ4n) is 2.74. The van der Waals surface area contributed by atoms with Gasteiger partial charge in [0.15, 0.2) is 0 Å². The van der Waals surface area contributed by atoms with Gasteiger partial charge in [-0.25, -0.2) is 4.79 Å². The second-order valence-corrected chi connectivity index (χ2v) is 5.01. The molecule has 3 rings (SSSR count). The first kappa shape index (κ1) is 11.5. The molecule has 0 radical (unpaired) electrons. The Morgan fingerprint density at radius 3 is 3.00 bits per heavy atom. The van der Waals surface area contributed by atoms with Crippen LogP contribution in [0.25, 0.3) is 0 Å². The number of rotatable bonds is 2. The summed E-state index contributed by atoms with van der Waals surface area (Å²) in [4.78, 5) is 13.8. The summed E-state index contributed by atoms with van der Waals surface area (Å²) in [7, 11) is 0. The predicted molar refractivity (Wildman–Crippen MR) is 68.1 cm³/mol. The largest absolute Gasteiger partial charge is 0.445 e.